The van der Waals surface area contributed by atoms with Gasteiger partial charge in [0.15, 0.2) is 0 Å². The molecule has 0 amide bonds. The van der Waals surface area contributed by atoms with Crippen LogP contribution in [0.5, 0.6) is 5.75 Å². The predicted octanol–water partition coefficient (Wildman–Crippen LogP) is 2.68. The number of hydrogen-bond donors (Lipinski definition) is 1. The Labute approximate surface area is 117 Å². The Hall–Kier alpha value is -2.43. The van der Waals surface area contributed by atoms with Crippen molar-refractivity contribution in [2.45, 2.75) is 27.4 Å². The van der Waals surface area contributed by atoms with Crippen LogP contribution >= 0.6 is 0 Å². The van der Waals surface area contributed by atoms with Crippen molar-refractivity contribution in [1.29, 1.82) is 0 Å². The number of carboxylic acids is 1. The summed E-state index contributed by atoms with van der Waals surface area (Å²) in [6.45, 7) is 6.06. The van der Waals surface area contributed by atoms with Crippen molar-refractivity contribution in [3.05, 3.63) is 52.6 Å². The zero-order valence-corrected chi connectivity index (χ0v) is 11.7. The zero-order chi connectivity index (χ0) is 14.7. The predicted molar refractivity (Wildman–Crippen MR) is 74.0 cm³/mol. The van der Waals surface area contributed by atoms with Crippen LogP contribution in [-0.2, 0) is 6.61 Å². The molecule has 104 valence electrons. The van der Waals surface area contributed by atoms with Crippen LogP contribution in [0.2, 0.25) is 0 Å². The van der Waals surface area contributed by atoms with E-state index in [1.54, 1.807) is 0 Å². The SMILES string of the molecule is Cc1ccc(C)c(OCc2ncncc2C(=O)O)c1C. The van der Waals surface area contributed by atoms with Gasteiger partial charge in [-0.15, -0.1) is 0 Å². The molecule has 0 aliphatic carbocycles. The average molecular weight is 272 g/mol. The molecule has 1 heterocycles. The summed E-state index contributed by atoms with van der Waals surface area (Å²) in [6, 6.07) is 4.01. The van der Waals surface area contributed by atoms with E-state index in [2.05, 4.69) is 9.97 Å². The Morgan fingerprint density at radius 2 is 1.95 bits per heavy atom. The van der Waals surface area contributed by atoms with Gasteiger partial charge < -0.3 is 9.84 Å². The summed E-state index contributed by atoms with van der Waals surface area (Å²) in [5.74, 6) is -0.276. The number of hydrogen-bond acceptors (Lipinski definition) is 4. The fourth-order valence-electron chi connectivity index (χ4n) is 1.94. The van der Waals surface area contributed by atoms with Crippen LogP contribution in [-0.4, -0.2) is 21.0 Å². The molecule has 0 radical (unpaired) electrons. The number of aryl methyl sites for hydroxylation is 2. The van der Waals surface area contributed by atoms with Crippen molar-refractivity contribution in [1.82, 2.24) is 9.97 Å². The Bertz CT molecular complexity index is 654. The third kappa shape index (κ3) is 2.77. The minimum Gasteiger partial charge on any atom is -0.487 e. The van der Waals surface area contributed by atoms with E-state index in [0.29, 0.717) is 5.69 Å². The number of aromatic carboxylic acids is 1. The van der Waals surface area contributed by atoms with Crippen LogP contribution in [0.3, 0.4) is 0 Å². The first kappa shape index (κ1) is 14.0. The van der Waals surface area contributed by atoms with Gasteiger partial charge in [-0.25, -0.2) is 14.8 Å². The van der Waals surface area contributed by atoms with Gasteiger partial charge in [-0.05, 0) is 37.5 Å². The number of ether oxygens (including phenoxy) is 1. The number of carboxylic acid groups (broad SMARTS) is 1. The second-order valence-electron chi connectivity index (χ2n) is 4.63. The van der Waals surface area contributed by atoms with Crippen molar-refractivity contribution < 1.29 is 14.6 Å². The van der Waals surface area contributed by atoms with E-state index >= 15 is 0 Å². The van der Waals surface area contributed by atoms with Gasteiger partial charge in [-0.3, -0.25) is 0 Å². The van der Waals surface area contributed by atoms with E-state index in [0.717, 1.165) is 22.4 Å². The molecule has 0 saturated carbocycles. The van der Waals surface area contributed by atoms with Gasteiger partial charge in [0.2, 0.25) is 0 Å². The second kappa shape index (κ2) is 5.69. The fraction of sp³-hybridized carbons (Fsp3) is 0.267. The molecule has 0 aliphatic rings. The van der Waals surface area contributed by atoms with Crippen LogP contribution in [0.15, 0.2) is 24.7 Å². The first-order valence-corrected chi connectivity index (χ1v) is 6.22. The minimum atomic E-state index is -1.05. The molecule has 20 heavy (non-hydrogen) atoms. The Kier molecular flexibility index (Phi) is 3.98. The number of carbonyl (C=O) groups is 1. The average Bonchev–Trinajstić information content (AvgIpc) is 2.43. The zero-order valence-electron chi connectivity index (χ0n) is 11.7. The summed E-state index contributed by atoms with van der Waals surface area (Å²) >= 11 is 0. The molecular weight excluding hydrogens is 256 g/mol. The molecule has 0 unspecified atom stereocenters. The van der Waals surface area contributed by atoms with Crippen molar-refractivity contribution in [2.24, 2.45) is 0 Å². The van der Waals surface area contributed by atoms with Gasteiger partial charge in [-0.1, -0.05) is 12.1 Å². The van der Waals surface area contributed by atoms with Crippen LogP contribution in [0.1, 0.15) is 32.7 Å². The highest BCUT2D eigenvalue weighted by Crippen LogP contribution is 2.26. The Morgan fingerprint density at radius 1 is 1.25 bits per heavy atom. The molecule has 0 saturated heterocycles. The summed E-state index contributed by atoms with van der Waals surface area (Å²) in [6.07, 6.45) is 2.60. The maximum Gasteiger partial charge on any atom is 0.339 e. The number of nitrogens with zero attached hydrogens (tertiary/aromatic N) is 2. The maximum absolute atomic E-state index is 11.1. The van der Waals surface area contributed by atoms with E-state index in [9.17, 15) is 4.79 Å². The van der Waals surface area contributed by atoms with Crippen molar-refractivity contribution >= 4 is 5.97 Å². The first-order valence-electron chi connectivity index (χ1n) is 6.22. The summed E-state index contributed by atoms with van der Waals surface area (Å²) in [4.78, 5) is 18.8. The van der Waals surface area contributed by atoms with Gasteiger partial charge in [0, 0.05) is 6.20 Å². The lowest BCUT2D eigenvalue weighted by Gasteiger charge is -2.14. The number of rotatable bonds is 4. The van der Waals surface area contributed by atoms with Crippen LogP contribution in [0.25, 0.3) is 0 Å². The lowest BCUT2D eigenvalue weighted by atomic mass is 10.1. The van der Waals surface area contributed by atoms with Gasteiger partial charge in [0.05, 0.1) is 5.69 Å². The molecular formula is C15H16N2O3. The number of benzene rings is 1. The molecule has 0 fully saturated rings. The monoisotopic (exact) mass is 272 g/mol. The molecule has 0 spiro atoms. The van der Waals surface area contributed by atoms with E-state index < -0.39 is 5.97 Å². The Morgan fingerprint density at radius 3 is 2.65 bits per heavy atom. The highest BCUT2D eigenvalue weighted by atomic mass is 16.5. The summed E-state index contributed by atoms with van der Waals surface area (Å²) in [5, 5.41) is 9.08. The molecule has 1 aromatic carbocycles. The van der Waals surface area contributed by atoms with Gasteiger partial charge >= 0.3 is 5.97 Å². The topological polar surface area (TPSA) is 72.3 Å². The van der Waals surface area contributed by atoms with Crippen LogP contribution < -0.4 is 4.74 Å². The number of aromatic nitrogens is 2. The summed E-state index contributed by atoms with van der Waals surface area (Å²) in [5.41, 5.74) is 3.63. The van der Waals surface area contributed by atoms with E-state index in [4.69, 9.17) is 9.84 Å². The summed E-state index contributed by atoms with van der Waals surface area (Å²) < 4.78 is 5.77. The molecule has 0 atom stereocenters. The fourth-order valence-corrected chi connectivity index (χ4v) is 1.94. The first-order chi connectivity index (χ1) is 9.50. The van der Waals surface area contributed by atoms with Gasteiger partial charge in [0.1, 0.15) is 24.2 Å². The molecule has 0 bridgehead atoms. The third-order valence-corrected chi connectivity index (χ3v) is 3.25. The van der Waals surface area contributed by atoms with Crippen molar-refractivity contribution in [3.8, 4) is 5.75 Å². The lowest BCUT2D eigenvalue weighted by Crippen LogP contribution is -2.09. The summed E-state index contributed by atoms with van der Waals surface area (Å²) in [7, 11) is 0. The Balaban J connectivity index is 2.26. The van der Waals surface area contributed by atoms with Crippen molar-refractivity contribution in [3.63, 3.8) is 0 Å². The lowest BCUT2D eigenvalue weighted by molar-refractivity contribution is 0.0692. The van der Waals surface area contributed by atoms with Gasteiger partial charge in [-0.2, -0.15) is 0 Å². The van der Waals surface area contributed by atoms with Crippen LogP contribution in [0.4, 0.5) is 0 Å². The molecule has 1 aromatic heterocycles. The molecule has 5 nitrogen and oxygen atoms in total. The highest BCUT2D eigenvalue weighted by molar-refractivity contribution is 5.88. The molecule has 5 heteroatoms. The van der Waals surface area contributed by atoms with Crippen molar-refractivity contribution in [2.75, 3.05) is 0 Å². The molecule has 0 aliphatic heterocycles. The maximum atomic E-state index is 11.1. The molecule has 2 rings (SSSR count). The third-order valence-electron chi connectivity index (χ3n) is 3.25. The highest BCUT2D eigenvalue weighted by Gasteiger charge is 2.13. The van der Waals surface area contributed by atoms with E-state index in [1.165, 1.54) is 12.5 Å². The smallest absolute Gasteiger partial charge is 0.339 e. The minimum absolute atomic E-state index is 0.0652. The second-order valence-corrected chi connectivity index (χ2v) is 4.63. The molecule has 2 aromatic rings. The van der Waals surface area contributed by atoms with Gasteiger partial charge in [0.25, 0.3) is 0 Å². The standard InChI is InChI=1S/C15H16N2O3/c1-9-4-5-10(2)14(11(9)3)20-7-13-12(15(18)19)6-16-8-17-13/h4-6,8H,7H2,1-3H3,(H,18,19). The van der Waals surface area contributed by atoms with E-state index in [-0.39, 0.29) is 12.2 Å². The largest absolute Gasteiger partial charge is 0.487 e. The molecule has 1 N–H and O–H groups in total. The van der Waals surface area contributed by atoms with Crippen LogP contribution in [0, 0.1) is 20.8 Å². The normalized spacial score (nSPS) is 10.3. The quantitative estimate of drug-likeness (QED) is 0.926. The van der Waals surface area contributed by atoms with E-state index in [1.807, 2.05) is 32.9 Å².